The molecule has 0 radical (unpaired) electrons. The monoisotopic (exact) mass is 271 g/mol. The molecular weight excluding hydrogens is 254 g/mol. The van der Waals surface area contributed by atoms with Gasteiger partial charge in [0.2, 0.25) is 0 Å². The van der Waals surface area contributed by atoms with Crippen molar-refractivity contribution in [3.63, 3.8) is 0 Å². The number of carbonyl (C=O) groups is 1. The first-order valence-corrected chi connectivity index (χ1v) is 6.29. The molecule has 0 unspecified atom stereocenters. The van der Waals surface area contributed by atoms with Gasteiger partial charge in [-0.3, -0.25) is 9.89 Å². The van der Waals surface area contributed by atoms with Crippen molar-refractivity contribution < 1.29 is 9.53 Å². The molecule has 1 heterocycles. The van der Waals surface area contributed by atoms with Crippen LogP contribution in [0, 0.1) is 13.8 Å². The Labute approximate surface area is 117 Å². The number of para-hydroxylation sites is 1. The normalized spacial score (nSPS) is 10.1. The van der Waals surface area contributed by atoms with E-state index in [2.05, 4.69) is 22.1 Å². The second-order valence-corrected chi connectivity index (χ2v) is 4.37. The molecule has 0 aliphatic heterocycles. The lowest BCUT2D eigenvalue weighted by molar-refractivity contribution is 0.102. The maximum Gasteiger partial charge on any atom is 0.260 e. The van der Waals surface area contributed by atoms with E-state index in [-0.39, 0.29) is 5.91 Å². The van der Waals surface area contributed by atoms with E-state index in [0.717, 1.165) is 11.3 Å². The third-order valence-corrected chi connectivity index (χ3v) is 2.97. The summed E-state index contributed by atoms with van der Waals surface area (Å²) in [5.41, 5.74) is 2.31. The van der Waals surface area contributed by atoms with Crippen LogP contribution in [0.4, 0.5) is 5.82 Å². The van der Waals surface area contributed by atoms with Crippen molar-refractivity contribution in [1.29, 1.82) is 0 Å². The molecule has 2 N–H and O–H groups in total. The van der Waals surface area contributed by atoms with Crippen LogP contribution < -0.4 is 10.1 Å². The number of H-pyrrole nitrogens is 1. The Morgan fingerprint density at radius 3 is 2.85 bits per heavy atom. The Balaban J connectivity index is 2.20. The van der Waals surface area contributed by atoms with Gasteiger partial charge in [-0.2, -0.15) is 5.10 Å². The highest BCUT2D eigenvalue weighted by atomic mass is 16.5. The van der Waals surface area contributed by atoms with Gasteiger partial charge in [0.1, 0.15) is 12.4 Å². The van der Waals surface area contributed by atoms with E-state index in [1.54, 1.807) is 24.3 Å². The zero-order valence-corrected chi connectivity index (χ0v) is 11.6. The lowest BCUT2D eigenvalue weighted by atomic mass is 10.2. The standard InChI is InChI=1S/C15H17N3O2/c1-4-9-20-13-8-6-5-7-12(13)15(19)16-14-10(2)11(3)17-18-14/h4-8H,1,9H2,2-3H3,(H2,16,17,18,19). The minimum atomic E-state index is -0.251. The molecule has 104 valence electrons. The molecule has 0 atom stereocenters. The van der Waals surface area contributed by atoms with Gasteiger partial charge in [0.15, 0.2) is 5.82 Å². The number of aromatic amines is 1. The van der Waals surface area contributed by atoms with E-state index in [4.69, 9.17) is 4.74 Å². The van der Waals surface area contributed by atoms with Crippen LogP contribution in [0.15, 0.2) is 36.9 Å². The average molecular weight is 271 g/mol. The lowest BCUT2D eigenvalue weighted by Crippen LogP contribution is -2.14. The molecule has 5 nitrogen and oxygen atoms in total. The summed E-state index contributed by atoms with van der Waals surface area (Å²) in [6.45, 7) is 7.74. The van der Waals surface area contributed by atoms with E-state index >= 15 is 0 Å². The number of aryl methyl sites for hydroxylation is 1. The zero-order chi connectivity index (χ0) is 14.5. The van der Waals surface area contributed by atoms with E-state index < -0.39 is 0 Å². The third kappa shape index (κ3) is 2.88. The van der Waals surface area contributed by atoms with Crippen LogP contribution in [0.25, 0.3) is 0 Å². The SMILES string of the molecule is C=CCOc1ccccc1C(=O)Nc1n[nH]c(C)c1C. The molecule has 1 aromatic heterocycles. The number of carbonyl (C=O) groups excluding carboxylic acids is 1. The molecule has 2 aromatic rings. The number of anilines is 1. The number of ether oxygens (including phenoxy) is 1. The second kappa shape index (κ2) is 6.06. The summed E-state index contributed by atoms with van der Waals surface area (Å²) >= 11 is 0. The summed E-state index contributed by atoms with van der Waals surface area (Å²) in [6, 6.07) is 7.07. The second-order valence-electron chi connectivity index (χ2n) is 4.37. The van der Waals surface area contributed by atoms with Crippen molar-refractivity contribution in [2.45, 2.75) is 13.8 Å². The number of benzene rings is 1. The predicted molar refractivity (Wildman–Crippen MR) is 78.1 cm³/mol. The van der Waals surface area contributed by atoms with Gasteiger partial charge in [0, 0.05) is 11.3 Å². The van der Waals surface area contributed by atoms with E-state index in [0.29, 0.717) is 23.7 Å². The van der Waals surface area contributed by atoms with Crippen LogP contribution >= 0.6 is 0 Å². The maximum absolute atomic E-state index is 12.3. The van der Waals surface area contributed by atoms with Gasteiger partial charge in [0.25, 0.3) is 5.91 Å². The Hall–Kier alpha value is -2.56. The van der Waals surface area contributed by atoms with Crippen molar-refractivity contribution >= 4 is 11.7 Å². The number of aromatic nitrogens is 2. The van der Waals surface area contributed by atoms with E-state index in [1.165, 1.54) is 0 Å². The van der Waals surface area contributed by atoms with Crippen LogP contribution in [-0.2, 0) is 0 Å². The lowest BCUT2D eigenvalue weighted by Gasteiger charge is -2.09. The van der Waals surface area contributed by atoms with Crippen LogP contribution in [0.5, 0.6) is 5.75 Å². The number of nitrogens with zero attached hydrogens (tertiary/aromatic N) is 1. The van der Waals surface area contributed by atoms with Gasteiger partial charge in [-0.05, 0) is 26.0 Å². The van der Waals surface area contributed by atoms with Gasteiger partial charge in [-0.1, -0.05) is 24.8 Å². The number of rotatable bonds is 5. The van der Waals surface area contributed by atoms with Gasteiger partial charge < -0.3 is 10.1 Å². The van der Waals surface area contributed by atoms with E-state index in [9.17, 15) is 4.79 Å². The summed E-state index contributed by atoms with van der Waals surface area (Å²) in [6.07, 6.45) is 1.63. The fraction of sp³-hybridized carbons (Fsp3) is 0.200. The van der Waals surface area contributed by atoms with Crippen LogP contribution in [-0.4, -0.2) is 22.7 Å². The quantitative estimate of drug-likeness (QED) is 0.822. The minimum absolute atomic E-state index is 0.251. The topological polar surface area (TPSA) is 67.0 Å². The van der Waals surface area contributed by atoms with Gasteiger partial charge in [0.05, 0.1) is 5.56 Å². The van der Waals surface area contributed by atoms with Crippen LogP contribution in [0.2, 0.25) is 0 Å². The molecule has 0 spiro atoms. The molecule has 2 rings (SSSR count). The largest absolute Gasteiger partial charge is 0.489 e. The average Bonchev–Trinajstić information content (AvgIpc) is 2.77. The Morgan fingerprint density at radius 1 is 1.45 bits per heavy atom. The molecule has 0 aliphatic rings. The maximum atomic E-state index is 12.3. The first kappa shape index (κ1) is 13.9. The third-order valence-electron chi connectivity index (χ3n) is 2.97. The molecule has 0 fully saturated rings. The highest BCUT2D eigenvalue weighted by molar-refractivity contribution is 6.06. The fourth-order valence-electron chi connectivity index (χ4n) is 1.71. The minimum Gasteiger partial charge on any atom is -0.489 e. The smallest absolute Gasteiger partial charge is 0.260 e. The predicted octanol–water partition coefficient (Wildman–Crippen LogP) is 2.84. The number of hydrogen-bond donors (Lipinski definition) is 2. The van der Waals surface area contributed by atoms with Crippen molar-refractivity contribution in [3.05, 3.63) is 53.7 Å². The Bertz CT molecular complexity index is 632. The fourth-order valence-corrected chi connectivity index (χ4v) is 1.71. The van der Waals surface area contributed by atoms with E-state index in [1.807, 2.05) is 19.9 Å². The number of hydrogen-bond acceptors (Lipinski definition) is 3. The molecule has 1 aromatic carbocycles. The van der Waals surface area contributed by atoms with Gasteiger partial charge in [-0.25, -0.2) is 0 Å². The Kier molecular flexibility index (Phi) is 4.20. The summed E-state index contributed by atoms with van der Waals surface area (Å²) in [5, 5.41) is 9.67. The number of nitrogens with one attached hydrogen (secondary N) is 2. The van der Waals surface area contributed by atoms with Crippen molar-refractivity contribution in [2.75, 3.05) is 11.9 Å². The van der Waals surface area contributed by atoms with Gasteiger partial charge >= 0.3 is 0 Å². The van der Waals surface area contributed by atoms with Crippen molar-refractivity contribution in [3.8, 4) is 5.75 Å². The summed E-state index contributed by atoms with van der Waals surface area (Å²) < 4.78 is 5.47. The molecule has 5 heteroatoms. The number of amides is 1. The van der Waals surface area contributed by atoms with Crippen LogP contribution in [0.3, 0.4) is 0 Å². The van der Waals surface area contributed by atoms with Crippen molar-refractivity contribution in [2.24, 2.45) is 0 Å². The van der Waals surface area contributed by atoms with Crippen LogP contribution in [0.1, 0.15) is 21.6 Å². The highest BCUT2D eigenvalue weighted by Crippen LogP contribution is 2.21. The molecule has 0 saturated heterocycles. The molecule has 0 bridgehead atoms. The molecule has 0 saturated carbocycles. The molecule has 20 heavy (non-hydrogen) atoms. The summed E-state index contributed by atoms with van der Waals surface area (Å²) in [7, 11) is 0. The first-order valence-electron chi connectivity index (χ1n) is 6.29. The van der Waals surface area contributed by atoms with Crippen molar-refractivity contribution in [1.82, 2.24) is 10.2 Å². The summed E-state index contributed by atoms with van der Waals surface area (Å²) in [4.78, 5) is 12.3. The molecule has 1 amide bonds. The van der Waals surface area contributed by atoms with Gasteiger partial charge in [-0.15, -0.1) is 0 Å². The molecule has 0 aliphatic carbocycles. The summed E-state index contributed by atoms with van der Waals surface area (Å²) in [5.74, 6) is 0.806. The molecular formula is C15H17N3O2. The first-order chi connectivity index (χ1) is 9.63. The zero-order valence-electron chi connectivity index (χ0n) is 11.6. The highest BCUT2D eigenvalue weighted by Gasteiger charge is 2.15. The Morgan fingerprint density at radius 2 is 2.20 bits per heavy atom.